The first-order chi connectivity index (χ1) is 8.31. The van der Waals surface area contributed by atoms with Gasteiger partial charge in [-0.1, -0.05) is 39.0 Å². The molecule has 0 bridgehead atoms. The van der Waals surface area contributed by atoms with Crippen LogP contribution >= 0.6 is 0 Å². The van der Waals surface area contributed by atoms with Crippen molar-refractivity contribution < 1.29 is 9.59 Å². The van der Waals surface area contributed by atoms with Crippen molar-refractivity contribution in [2.75, 3.05) is 6.54 Å². The van der Waals surface area contributed by atoms with Crippen LogP contribution in [0.1, 0.15) is 71.1 Å². The molecule has 0 radical (unpaired) electrons. The Morgan fingerprint density at radius 3 is 2.41 bits per heavy atom. The van der Waals surface area contributed by atoms with Crippen molar-refractivity contribution >= 4 is 12.2 Å². The number of carbonyl (C=O) groups is 2. The Morgan fingerprint density at radius 2 is 1.71 bits per heavy atom. The molecule has 3 nitrogen and oxygen atoms in total. The molecule has 0 atom stereocenters. The Labute approximate surface area is 105 Å². The fraction of sp³-hybridized carbons (Fsp3) is 0.857. The van der Waals surface area contributed by atoms with Crippen molar-refractivity contribution in [3.63, 3.8) is 0 Å². The van der Waals surface area contributed by atoms with Crippen LogP contribution in [0.3, 0.4) is 0 Å². The minimum absolute atomic E-state index is 0.178. The average Bonchev–Trinajstić information content (AvgIpc) is 2.33. The average molecular weight is 241 g/mol. The van der Waals surface area contributed by atoms with Crippen LogP contribution < -0.4 is 5.32 Å². The molecular weight excluding hydrogens is 214 g/mol. The van der Waals surface area contributed by atoms with E-state index in [4.69, 9.17) is 0 Å². The molecule has 0 aliphatic carbocycles. The molecule has 3 heteroatoms. The summed E-state index contributed by atoms with van der Waals surface area (Å²) < 4.78 is 0. The fourth-order valence-electron chi connectivity index (χ4n) is 1.73. The molecule has 0 aromatic carbocycles. The summed E-state index contributed by atoms with van der Waals surface area (Å²) in [5.74, 6) is 0.178. The molecule has 0 aliphatic rings. The highest BCUT2D eigenvalue weighted by molar-refractivity contribution is 5.75. The first-order valence-corrected chi connectivity index (χ1v) is 7.01. The summed E-state index contributed by atoms with van der Waals surface area (Å²) >= 11 is 0. The maximum atomic E-state index is 11.4. The Kier molecular flexibility index (Phi) is 12.5. The van der Waals surface area contributed by atoms with Gasteiger partial charge >= 0.3 is 0 Å². The Balaban J connectivity index is 3.14. The van der Waals surface area contributed by atoms with E-state index in [-0.39, 0.29) is 5.91 Å². The minimum Gasteiger partial charge on any atom is -0.356 e. The van der Waals surface area contributed by atoms with Gasteiger partial charge in [-0.2, -0.15) is 0 Å². The van der Waals surface area contributed by atoms with Crippen LogP contribution in [0.4, 0.5) is 0 Å². The number of nitrogens with one attached hydrogen (secondary N) is 1. The number of aldehydes is 1. The molecule has 0 aromatic rings. The van der Waals surface area contributed by atoms with Gasteiger partial charge in [-0.25, -0.2) is 0 Å². The van der Waals surface area contributed by atoms with Crippen molar-refractivity contribution in [3.05, 3.63) is 0 Å². The lowest BCUT2D eigenvalue weighted by atomic mass is 10.1. The molecular formula is C14H27NO2. The second-order valence-corrected chi connectivity index (χ2v) is 4.53. The highest BCUT2D eigenvalue weighted by atomic mass is 16.1. The smallest absolute Gasteiger partial charge is 0.219 e. The topological polar surface area (TPSA) is 46.2 Å². The van der Waals surface area contributed by atoms with Crippen molar-refractivity contribution in [3.8, 4) is 0 Å². The molecule has 0 saturated carbocycles. The van der Waals surface area contributed by atoms with Gasteiger partial charge in [-0.15, -0.1) is 0 Å². The van der Waals surface area contributed by atoms with Crippen LogP contribution in [-0.2, 0) is 9.59 Å². The van der Waals surface area contributed by atoms with Gasteiger partial charge < -0.3 is 10.1 Å². The van der Waals surface area contributed by atoms with Crippen LogP contribution in [0.2, 0.25) is 0 Å². The zero-order chi connectivity index (χ0) is 12.8. The molecule has 0 unspecified atom stereocenters. The molecule has 0 aromatic heterocycles. The molecule has 17 heavy (non-hydrogen) atoms. The minimum atomic E-state index is 0.178. The summed E-state index contributed by atoms with van der Waals surface area (Å²) in [5.41, 5.74) is 0. The SMILES string of the molecule is CCCCCCCC(=O)NCCCCCC=O. The summed E-state index contributed by atoms with van der Waals surface area (Å²) in [5, 5.41) is 2.92. The van der Waals surface area contributed by atoms with Gasteiger partial charge in [-0.05, 0) is 19.3 Å². The molecule has 100 valence electrons. The predicted octanol–water partition coefficient (Wildman–Crippen LogP) is 3.22. The monoisotopic (exact) mass is 241 g/mol. The summed E-state index contributed by atoms with van der Waals surface area (Å²) in [6.07, 6.45) is 11.2. The van der Waals surface area contributed by atoms with E-state index < -0.39 is 0 Å². The predicted molar refractivity (Wildman–Crippen MR) is 70.9 cm³/mol. The lowest BCUT2D eigenvalue weighted by Crippen LogP contribution is -2.23. The van der Waals surface area contributed by atoms with Gasteiger partial charge in [-0.3, -0.25) is 4.79 Å². The highest BCUT2D eigenvalue weighted by Gasteiger charge is 1.99. The van der Waals surface area contributed by atoms with Crippen LogP contribution in [0.5, 0.6) is 0 Å². The maximum Gasteiger partial charge on any atom is 0.219 e. The van der Waals surface area contributed by atoms with Crippen molar-refractivity contribution in [2.24, 2.45) is 0 Å². The number of rotatable bonds is 12. The third kappa shape index (κ3) is 13.1. The van der Waals surface area contributed by atoms with E-state index >= 15 is 0 Å². The fourth-order valence-corrected chi connectivity index (χ4v) is 1.73. The van der Waals surface area contributed by atoms with Gasteiger partial charge in [0, 0.05) is 19.4 Å². The molecule has 0 spiro atoms. The van der Waals surface area contributed by atoms with E-state index in [1.165, 1.54) is 25.7 Å². The van der Waals surface area contributed by atoms with Crippen LogP contribution in [0.15, 0.2) is 0 Å². The number of hydrogen-bond acceptors (Lipinski definition) is 2. The number of carbonyl (C=O) groups excluding carboxylic acids is 2. The standard InChI is InChI=1S/C14H27NO2/c1-2-3-4-5-8-11-14(17)15-12-9-6-7-10-13-16/h13H,2-12H2,1H3,(H,15,17). The molecule has 0 fully saturated rings. The van der Waals surface area contributed by atoms with Gasteiger partial charge in [0.25, 0.3) is 0 Å². The third-order valence-electron chi connectivity index (χ3n) is 2.83. The van der Waals surface area contributed by atoms with Crippen LogP contribution in [-0.4, -0.2) is 18.7 Å². The van der Waals surface area contributed by atoms with Gasteiger partial charge in [0.05, 0.1) is 0 Å². The van der Waals surface area contributed by atoms with Gasteiger partial charge in [0.2, 0.25) is 5.91 Å². The quantitative estimate of drug-likeness (QED) is 0.421. The molecule has 1 N–H and O–H groups in total. The van der Waals surface area contributed by atoms with Crippen LogP contribution in [0, 0.1) is 0 Å². The second-order valence-electron chi connectivity index (χ2n) is 4.53. The van der Waals surface area contributed by atoms with Crippen LogP contribution in [0.25, 0.3) is 0 Å². The summed E-state index contributed by atoms with van der Waals surface area (Å²) in [7, 11) is 0. The molecule has 0 rings (SSSR count). The normalized spacial score (nSPS) is 10.2. The highest BCUT2D eigenvalue weighted by Crippen LogP contribution is 2.04. The second kappa shape index (κ2) is 13.2. The Hall–Kier alpha value is -0.860. The molecule has 0 aliphatic heterocycles. The van der Waals surface area contributed by atoms with E-state index in [9.17, 15) is 9.59 Å². The zero-order valence-corrected chi connectivity index (χ0v) is 11.2. The lowest BCUT2D eigenvalue weighted by molar-refractivity contribution is -0.121. The Morgan fingerprint density at radius 1 is 1.00 bits per heavy atom. The summed E-state index contributed by atoms with van der Waals surface area (Å²) in [4.78, 5) is 21.5. The molecule has 0 saturated heterocycles. The molecule has 1 amide bonds. The Bertz CT molecular complexity index is 193. The number of amides is 1. The van der Waals surface area contributed by atoms with E-state index in [0.717, 1.165) is 38.5 Å². The lowest BCUT2D eigenvalue weighted by Gasteiger charge is -2.04. The summed E-state index contributed by atoms with van der Waals surface area (Å²) in [6.45, 7) is 2.95. The van der Waals surface area contributed by atoms with Crippen molar-refractivity contribution in [1.29, 1.82) is 0 Å². The third-order valence-corrected chi connectivity index (χ3v) is 2.83. The number of hydrogen-bond donors (Lipinski definition) is 1. The first kappa shape index (κ1) is 16.1. The van der Waals surface area contributed by atoms with Gasteiger partial charge in [0.15, 0.2) is 0 Å². The van der Waals surface area contributed by atoms with Crippen molar-refractivity contribution in [2.45, 2.75) is 71.1 Å². The van der Waals surface area contributed by atoms with E-state index in [2.05, 4.69) is 12.2 Å². The zero-order valence-electron chi connectivity index (χ0n) is 11.2. The maximum absolute atomic E-state index is 11.4. The first-order valence-electron chi connectivity index (χ1n) is 7.01. The summed E-state index contributed by atoms with van der Waals surface area (Å²) in [6, 6.07) is 0. The van der Waals surface area contributed by atoms with Crippen molar-refractivity contribution in [1.82, 2.24) is 5.32 Å². The molecule has 0 heterocycles. The number of unbranched alkanes of at least 4 members (excludes halogenated alkanes) is 7. The van der Waals surface area contributed by atoms with E-state index in [1.54, 1.807) is 0 Å². The van der Waals surface area contributed by atoms with E-state index in [0.29, 0.717) is 12.8 Å². The van der Waals surface area contributed by atoms with E-state index in [1.807, 2.05) is 0 Å². The largest absolute Gasteiger partial charge is 0.356 e. The van der Waals surface area contributed by atoms with Gasteiger partial charge in [0.1, 0.15) is 6.29 Å².